The summed E-state index contributed by atoms with van der Waals surface area (Å²) >= 11 is 0. The summed E-state index contributed by atoms with van der Waals surface area (Å²) in [6, 6.07) is 33.7. The van der Waals surface area contributed by atoms with Gasteiger partial charge < -0.3 is 4.42 Å². The third kappa shape index (κ3) is 4.50. The van der Waals surface area contributed by atoms with Gasteiger partial charge in [0.2, 0.25) is 5.89 Å². The van der Waals surface area contributed by atoms with E-state index in [4.69, 9.17) is 4.42 Å². The van der Waals surface area contributed by atoms with E-state index in [1.54, 1.807) is 24.3 Å². The molecule has 0 radical (unpaired) electrons. The molecule has 0 fully saturated rings. The molecule has 0 aliphatic heterocycles. The minimum absolute atomic E-state index is 0.246. The van der Waals surface area contributed by atoms with E-state index in [-0.39, 0.29) is 11.5 Å². The van der Waals surface area contributed by atoms with Crippen molar-refractivity contribution in [3.8, 4) is 33.7 Å². The Morgan fingerprint density at radius 3 is 1.35 bits per heavy atom. The van der Waals surface area contributed by atoms with Crippen LogP contribution >= 0.6 is 0 Å². The zero-order valence-electron chi connectivity index (χ0n) is 22.1. The lowest BCUT2D eigenvalue weighted by Crippen LogP contribution is -2.10. The van der Waals surface area contributed by atoms with Gasteiger partial charge in [0.25, 0.3) is 0 Å². The average molecular weight is 584 g/mol. The quantitative estimate of drug-likeness (QED) is 0.153. The van der Waals surface area contributed by atoms with Gasteiger partial charge in [-0.15, -0.1) is 0 Å². The lowest BCUT2D eigenvalue weighted by molar-refractivity contribution is -0.139. The van der Waals surface area contributed by atoms with Crippen LogP contribution in [0.4, 0.5) is 26.3 Å². The summed E-state index contributed by atoms with van der Waals surface area (Å²) in [7, 11) is 0. The predicted octanol–water partition coefficient (Wildman–Crippen LogP) is 11.2. The number of oxazole rings is 1. The van der Waals surface area contributed by atoms with E-state index in [1.807, 2.05) is 54.6 Å². The Bertz CT molecular complexity index is 2040. The minimum Gasteiger partial charge on any atom is -0.435 e. The molecule has 2 nitrogen and oxygen atoms in total. The highest BCUT2D eigenvalue weighted by molar-refractivity contribution is 6.21. The van der Waals surface area contributed by atoms with Crippen LogP contribution in [0.1, 0.15) is 11.1 Å². The van der Waals surface area contributed by atoms with Gasteiger partial charge in [0, 0.05) is 5.56 Å². The van der Waals surface area contributed by atoms with E-state index in [9.17, 15) is 26.3 Å². The standard InChI is InChI=1S/C35H19F6NO/c36-34(37,38)27-18-19-28(35(39,40)41)32-31(27)42-33(43-32)22-16-14-21(15-17-22)30-25-12-6-4-10-23(25)29(20-8-2-1-3-9-20)24-11-5-7-13-26(24)30/h1-19H. The Morgan fingerprint density at radius 1 is 0.442 bits per heavy atom. The zero-order chi connectivity index (χ0) is 29.9. The van der Waals surface area contributed by atoms with Crippen molar-refractivity contribution in [1.82, 2.24) is 4.98 Å². The summed E-state index contributed by atoms with van der Waals surface area (Å²) in [6.45, 7) is 0. The Hall–Kier alpha value is -5.11. The fourth-order valence-corrected chi connectivity index (χ4v) is 5.72. The Kier molecular flexibility index (Phi) is 6.06. The van der Waals surface area contributed by atoms with Crippen molar-refractivity contribution in [2.24, 2.45) is 0 Å². The van der Waals surface area contributed by atoms with Gasteiger partial charge in [-0.3, -0.25) is 0 Å². The van der Waals surface area contributed by atoms with Crippen LogP contribution in [0.2, 0.25) is 0 Å². The van der Waals surface area contributed by atoms with Gasteiger partial charge in [0.05, 0.1) is 5.56 Å². The molecule has 0 saturated heterocycles. The van der Waals surface area contributed by atoms with E-state index < -0.39 is 34.6 Å². The molecule has 6 aromatic carbocycles. The molecular formula is C35H19F6NO. The molecule has 1 aromatic heterocycles. The number of rotatable bonds is 3. The van der Waals surface area contributed by atoms with E-state index in [0.717, 1.165) is 43.8 Å². The second-order valence-electron chi connectivity index (χ2n) is 10.1. The summed E-state index contributed by atoms with van der Waals surface area (Å²) in [5.74, 6) is -0.335. The zero-order valence-corrected chi connectivity index (χ0v) is 22.1. The van der Waals surface area contributed by atoms with E-state index in [0.29, 0.717) is 12.1 Å². The van der Waals surface area contributed by atoms with Crippen LogP contribution < -0.4 is 0 Å². The molecule has 0 unspecified atom stereocenters. The van der Waals surface area contributed by atoms with Crippen LogP contribution in [0.25, 0.3) is 66.4 Å². The summed E-state index contributed by atoms with van der Waals surface area (Å²) in [4.78, 5) is 3.88. The summed E-state index contributed by atoms with van der Waals surface area (Å²) in [5.41, 5.74) is -0.252. The van der Waals surface area contributed by atoms with Gasteiger partial charge in [-0.2, -0.15) is 26.3 Å². The second-order valence-corrected chi connectivity index (χ2v) is 10.1. The summed E-state index contributed by atoms with van der Waals surface area (Å²) in [6.07, 6.45) is -9.83. The van der Waals surface area contributed by atoms with Crippen molar-refractivity contribution >= 4 is 32.6 Å². The van der Waals surface area contributed by atoms with Crippen LogP contribution in [-0.4, -0.2) is 4.98 Å². The second kappa shape index (κ2) is 9.73. The molecule has 0 N–H and O–H groups in total. The molecule has 8 heteroatoms. The van der Waals surface area contributed by atoms with Crippen molar-refractivity contribution < 1.29 is 30.8 Å². The maximum absolute atomic E-state index is 13.6. The molecule has 7 aromatic rings. The highest BCUT2D eigenvalue weighted by Gasteiger charge is 2.40. The monoisotopic (exact) mass is 583 g/mol. The van der Waals surface area contributed by atoms with Gasteiger partial charge in [0.1, 0.15) is 11.1 Å². The SMILES string of the molecule is FC(F)(F)c1ccc(C(F)(F)F)c2oc(-c3ccc(-c4c5ccccc5c(-c5ccccc5)c5ccccc45)cc3)nc12. The first-order valence-electron chi connectivity index (χ1n) is 13.3. The molecule has 0 bridgehead atoms. The summed E-state index contributed by atoms with van der Waals surface area (Å²) < 4.78 is 87.1. The number of benzene rings is 6. The average Bonchev–Trinajstić information content (AvgIpc) is 3.44. The van der Waals surface area contributed by atoms with Crippen molar-refractivity contribution in [2.75, 3.05) is 0 Å². The number of hydrogen-bond donors (Lipinski definition) is 0. The van der Waals surface area contributed by atoms with Crippen LogP contribution in [0.3, 0.4) is 0 Å². The number of halogens is 6. The molecule has 0 saturated carbocycles. The van der Waals surface area contributed by atoms with Gasteiger partial charge >= 0.3 is 12.4 Å². The lowest BCUT2D eigenvalue weighted by Gasteiger charge is -2.17. The first-order valence-corrected chi connectivity index (χ1v) is 13.3. The van der Waals surface area contributed by atoms with Crippen LogP contribution in [-0.2, 0) is 12.4 Å². The number of aromatic nitrogens is 1. The first kappa shape index (κ1) is 26.8. The van der Waals surface area contributed by atoms with Crippen molar-refractivity contribution in [3.05, 3.63) is 126 Å². The van der Waals surface area contributed by atoms with Crippen molar-refractivity contribution in [1.29, 1.82) is 0 Å². The van der Waals surface area contributed by atoms with Crippen LogP contribution in [0.5, 0.6) is 0 Å². The third-order valence-corrected chi connectivity index (χ3v) is 7.57. The maximum atomic E-state index is 13.6. The third-order valence-electron chi connectivity index (χ3n) is 7.57. The lowest BCUT2D eigenvalue weighted by atomic mass is 9.86. The molecule has 0 spiro atoms. The molecule has 0 atom stereocenters. The molecule has 0 amide bonds. The maximum Gasteiger partial charge on any atom is 0.420 e. The fraction of sp³-hybridized carbons (Fsp3) is 0.0571. The number of alkyl halides is 6. The van der Waals surface area contributed by atoms with Gasteiger partial charge in [-0.1, -0.05) is 91.0 Å². The van der Waals surface area contributed by atoms with Gasteiger partial charge in [-0.25, -0.2) is 4.98 Å². The van der Waals surface area contributed by atoms with Crippen molar-refractivity contribution in [2.45, 2.75) is 12.4 Å². The number of nitrogens with zero attached hydrogens (tertiary/aromatic N) is 1. The highest BCUT2D eigenvalue weighted by atomic mass is 19.4. The molecule has 7 rings (SSSR count). The topological polar surface area (TPSA) is 26.0 Å². The van der Waals surface area contributed by atoms with Gasteiger partial charge in [0.15, 0.2) is 5.58 Å². The first-order chi connectivity index (χ1) is 20.6. The molecule has 1 heterocycles. The largest absolute Gasteiger partial charge is 0.435 e. The van der Waals surface area contributed by atoms with Crippen LogP contribution in [0, 0.1) is 0 Å². The van der Waals surface area contributed by atoms with Gasteiger partial charge in [-0.05, 0) is 68.1 Å². The minimum atomic E-state index is -4.92. The number of hydrogen-bond acceptors (Lipinski definition) is 2. The normalized spacial score (nSPS) is 12.4. The molecule has 0 aliphatic carbocycles. The highest BCUT2D eigenvalue weighted by Crippen LogP contribution is 2.45. The summed E-state index contributed by atoms with van der Waals surface area (Å²) in [5, 5.41) is 4.09. The molecule has 212 valence electrons. The van der Waals surface area contributed by atoms with E-state index >= 15 is 0 Å². The van der Waals surface area contributed by atoms with Crippen LogP contribution in [0.15, 0.2) is 120 Å². The molecular weight excluding hydrogens is 564 g/mol. The van der Waals surface area contributed by atoms with Crippen molar-refractivity contribution in [3.63, 3.8) is 0 Å². The Labute approximate surface area is 240 Å². The molecule has 0 aliphatic rings. The van der Waals surface area contributed by atoms with E-state index in [1.165, 1.54) is 0 Å². The smallest absolute Gasteiger partial charge is 0.420 e. The fourth-order valence-electron chi connectivity index (χ4n) is 5.72. The predicted molar refractivity (Wildman–Crippen MR) is 155 cm³/mol. The molecule has 43 heavy (non-hydrogen) atoms. The Balaban J connectivity index is 1.41. The Morgan fingerprint density at radius 2 is 0.860 bits per heavy atom. The van der Waals surface area contributed by atoms with E-state index in [2.05, 4.69) is 29.2 Å². The number of fused-ring (bicyclic) bond motifs is 3.